The summed E-state index contributed by atoms with van der Waals surface area (Å²) in [7, 11) is 0. The normalized spacial score (nSPS) is 20.5. The standard InChI is InChI=1S/C25H20F6N8O2/c1-10-2-12(24(26,27)28)5-13-19-21(32)34-9-35-22(19)38(20(10)13)8-18(40)39-14-3-11(14)4-15(39)23(41)37-17-7-33-6-16(36-17)25(29,30)31/h2,5-7,9,11,14-15H,3-4,8H2,1H3,(H2,32,34,35)(H,36,37,41)/t11-,14-,15+/m1/s1. The maximum absolute atomic E-state index is 13.7. The third-order valence-electron chi connectivity index (χ3n) is 7.44. The molecule has 3 aromatic heterocycles. The van der Waals surface area contributed by atoms with Crippen LogP contribution in [0.4, 0.5) is 38.0 Å². The van der Waals surface area contributed by atoms with Crippen LogP contribution in [0.2, 0.25) is 0 Å². The van der Waals surface area contributed by atoms with Gasteiger partial charge < -0.3 is 20.5 Å². The number of carbonyl (C=O) groups is 2. The van der Waals surface area contributed by atoms with Crippen molar-refractivity contribution >= 4 is 45.4 Å². The minimum absolute atomic E-state index is 0.0366. The first-order valence-electron chi connectivity index (χ1n) is 12.4. The number of hydrogen-bond donors (Lipinski definition) is 2. The number of aryl methyl sites for hydroxylation is 1. The van der Waals surface area contributed by atoms with E-state index in [9.17, 15) is 35.9 Å². The molecule has 41 heavy (non-hydrogen) atoms. The number of alkyl halides is 6. The number of nitrogens with one attached hydrogen (secondary N) is 1. The molecule has 1 saturated heterocycles. The number of rotatable bonds is 4. The highest BCUT2D eigenvalue weighted by molar-refractivity contribution is 6.13. The van der Waals surface area contributed by atoms with Gasteiger partial charge in [-0.2, -0.15) is 26.3 Å². The monoisotopic (exact) mass is 578 g/mol. The number of likely N-dealkylation sites (tertiary alicyclic amines) is 1. The number of piperidine rings is 1. The molecule has 4 heterocycles. The zero-order valence-corrected chi connectivity index (χ0v) is 21.1. The topological polar surface area (TPSA) is 132 Å². The number of halogens is 6. The van der Waals surface area contributed by atoms with Gasteiger partial charge in [-0.1, -0.05) is 0 Å². The van der Waals surface area contributed by atoms with Crippen molar-refractivity contribution in [1.82, 2.24) is 29.4 Å². The number of anilines is 2. The molecular weight excluding hydrogens is 558 g/mol. The number of carbonyl (C=O) groups excluding carboxylic acids is 2. The molecule has 1 aliphatic carbocycles. The van der Waals surface area contributed by atoms with E-state index in [0.29, 0.717) is 24.6 Å². The van der Waals surface area contributed by atoms with Gasteiger partial charge in [0.2, 0.25) is 11.8 Å². The average Bonchev–Trinajstić information content (AvgIpc) is 3.42. The predicted molar refractivity (Wildman–Crippen MR) is 132 cm³/mol. The molecule has 2 aliphatic rings. The van der Waals surface area contributed by atoms with Gasteiger partial charge >= 0.3 is 12.4 Å². The van der Waals surface area contributed by atoms with Gasteiger partial charge in [-0.25, -0.2) is 15.0 Å². The zero-order valence-electron chi connectivity index (χ0n) is 21.1. The van der Waals surface area contributed by atoms with E-state index in [4.69, 9.17) is 5.73 Å². The molecule has 0 radical (unpaired) electrons. The van der Waals surface area contributed by atoms with E-state index < -0.39 is 47.3 Å². The van der Waals surface area contributed by atoms with Gasteiger partial charge in [0.05, 0.1) is 28.9 Å². The smallest absolute Gasteiger partial charge is 0.383 e. The van der Waals surface area contributed by atoms with Crippen molar-refractivity contribution in [3.8, 4) is 0 Å². The molecule has 2 fully saturated rings. The van der Waals surface area contributed by atoms with Gasteiger partial charge in [-0.15, -0.1) is 0 Å². The molecule has 1 saturated carbocycles. The summed E-state index contributed by atoms with van der Waals surface area (Å²) in [5.41, 5.74) is 4.52. The van der Waals surface area contributed by atoms with Crippen molar-refractivity contribution in [3.63, 3.8) is 0 Å². The lowest BCUT2D eigenvalue weighted by molar-refractivity contribution is -0.141. The summed E-state index contributed by atoms with van der Waals surface area (Å²) in [6.07, 6.45) is -5.82. The fraction of sp³-hybridized carbons (Fsp3) is 0.360. The van der Waals surface area contributed by atoms with Crippen LogP contribution in [-0.4, -0.2) is 53.3 Å². The average molecular weight is 578 g/mol. The first kappa shape index (κ1) is 26.7. The highest BCUT2D eigenvalue weighted by Crippen LogP contribution is 2.48. The zero-order chi connectivity index (χ0) is 29.4. The summed E-state index contributed by atoms with van der Waals surface area (Å²) in [4.78, 5) is 43.2. The Bertz CT molecular complexity index is 1730. The van der Waals surface area contributed by atoms with E-state index in [2.05, 4.69) is 25.3 Å². The maximum Gasteiger partial charge on any atom is 0.434 e. The molecule has 1 aliphatic heterocycles. The van der Waals surface area contributed by atoms with Crippen LogP contribution in [0.25, 0.3) is 21.9 Å². The molecular formula is C25H20F6N8O2. The molecule has 2 amide bonds. The molecule has 16 heteroatoms. The Morgan fingerprint density at radius 2 is 1.83 bits per heavy atom. The SMILES string of the molecule is Cc1cc(C(F)(F)F)cc2c3c(N)ncnc3n(CC(=O)N3[C@@H]4C[C@@H]4C[C@H]3C(=O)Nc3cncc(C(F)(F)F)n3)c12. The summed E-state index contributed by atoms with van der Waals surface area (Å²) in [6, 6.07) is 0.653. The van der Waals surface area contributed by atoms with Gasteiger partial charge in [0.1, 0.15) is 30.4 Å². The van der Waals surface area contributed by atoms with Gasteiger partial charge in [0, 0.05) is 11.4 Å². The lowest BCUT2D eigenvalue weighted by atomic mass is 10.1. The summed E-state index contributed by atoms with van der Waals surface area (Å²) in [6.45, 7) is 1.10. The minimum atomic E-state index is -4.76. The molecule has 3 atom stereocenters. The van der Waals surface area contributed by atoms with Crippen LogP contribution in [0, 0.1) is 12.8 Å². The number of benzene rings is 1. The minimum Gasteiger partial charge on any atom is -0.383 e. The summed E-state index contributed by atoms with van der Waals surface area (Å²) in [5, 5.41) is 2.61. The van der Waals surface area contributed by atoms with Gasteiger partial charge in [0.15, 0.2) is 11.5 Å². The number of nitrogen functional groups attached to an aromatic ring is 1. The molecule has 0 unspecified atom stereocenters. The van der Waals surface area contributed by atoms with E-state index in [1.165, 1.54) is 16.4 Å². The van der Waals surface area contributed by atoms with Crippen LogP contribution in [0.3, 0.4) is 0 Å². The Kier molecular flexibility index (Phi) is 5.87. The van der Waals surface area contributed by atoms with Crippen molar-refractivity contribution in [2.24, 2.45) is 5.92 Å². The number of nitrogens with zero attached hydrogens (tertiary/aromatic N) is 6. The fourth-order valence-corrected chi connectivity index (χ4v) is 5.64. The number of nitrogens with two attached hydrogens (primary N) is 1. The Morgan fingerprint density at radius 3 is 2.54 bits per heavy atom. The fourth-order valence-electron chi connectivity index (χ4n) is 5.64. The van der Waals surface area contributed by atoms with Crippen molar-refractivity contribution < 1.29 is 35.9 Å². The molecule has 214 valence electrons. The third-order valence-corrected chi connectivity index (χ3v) is 7.44. The highest BCUT2D eigenvalue weighted by atomic mass is 19.4. The van der Waals surface area contributed by atoms with E-state index >= 15 is 0 Å². The number of fused-ring (bicyclic) bond motifs is 4. The third kappa shape index (κ3) is 4.56. The van der Waals surface area contributed by atoms with Crippen molar-refractivity contribution in [3.05, 3.63) is 47.7 Å². The van der Waals surface area contributed by atoms with Crippen LogP contribution in [0.15, 0.2) is 30.9 Å². The van der Waals surface area contributed by atoms with Gasteiger partial charge in [-0.3, -0.25) is 14.6 Å². The second-order valence-corrected chi connectivity index (χ2v) is 10.1. The summed E-state index contributed by atoms with van der Waals surface area (Å²) in [5.74, 6) is -1.68. The van der Waals surface area contributed by atoms with Crippen molar-refractivity contribution in [1.29, 1.82) is 0 Å². The van der Waals surface area contributed by atoms with Crippen molar-refractivity contribution in [2.45, 2.75) is 50.7 Å². The number of aromatic nitrogens is 5. The first-order valence-corrected chi connectivity index (χ1v) is 12.4. The largest absolute Gasteiger partial charge is 0.434 e. The Hall–Kier alpha value is -4.50. The molecule has 1 aromatic carbocycles. The second kappa shape index (κ2) is 9.01. The van der Waals surface area contributed by atoms with Gasteiger partial charge in [0.25, 0.3) is 0 Å². The van der Waals surface area contributed by atoms with Crippen molar-refractivity contribution in [2.75, 3.05) is 11.1 Å². The molecule has 10 nitrogen and oxygen atoms in total. The Labute approximate surface area is 226 Å². The van der Waals surface area contributed by atoms with Crippen LogP contribution in [0.1, 0.15) is 29.7 Å². The molecule has 0 bridgehead atoms. The van der Waals surface area contributed by atoms with E-state index in [1.807, 2.05) is 0 Å². The van der Waals surface area contributed by atoms with E-state index in [1.54, 1.807) is 0 Å². The predicted octanol–water partition coefficient (Wildman–Crippen LogP) is 3.93. The quantitative estimate of drug-likeness (QED) is 0.351. The van der Waals surface area contributed by atoms with E-state index in [-0.39, 0.29) is 46.3 Å². The molecule has 0 spiro atoms. The molecule has 4 aromatic rings. The highest BCUT2D eigenvalue weighted by Gasteiger charge is 2.56. The first-order chi connectivity index (χ1) is 19.2. The van der Waals surface area contributed by atoms with E-state index in [0.717, 1.165) is 24.7 Å². The van der Waals surface area contributed by atoms with Gasteiger partial charge in [-0.05, 0) is 43.4 Å². The summed E-state index contributed by atoms with van der Waals surface area (Å²) >= 11 is 0. The number of hydrogen-bond acceptors (Lipinski definition) is 7. The summed E-state index contributed by atoms with van der Waals surface area (Å²) < 4.78 is 81.3. The lowest BCUT2D eigenvalue weighted by Crippen LogP contribution is -2.46. The van der Waals surface area contributed by atoms with Crippen LogP contribution in [-0.2, 0) is 28.5 Å². The molecule has 6 rings (SSSR count). The Balaban J connectivity index is 1.34. The second-order valence-electron chi connectivity index (χ2n) is 10.1. The Morgan fingerprint density at radius 1 is 1.07 bits per heavy atom. The lowest BCUT2D eigenvalue weighted by Gasteiger charge is -2.27. The van der Waals surface area contributed by atoms with Crippen LogP contribution < -0.4 is 11.1 Å². The number of amides is 2. The van der Waals surface area contributed by atoms with Crippen LogP contribution >= 0.6 is 0 Å². The molecule has 3 N–H and O–H groups in total. The van der Waals surface area contributed by atoms with Crippen LogP contribution in [0.5, 0.6) is 0 Å². The maximum atomic E-state index is 13.7.